The largest absolute Gasteiger partial charge is 0.335 e. The lowest BCUT2D eigenvalue weighted by Gasteiger charge is -2.30. The highest BCUT2D eigenvalue weighted by Crippen LogP contribution is 2.32. The van der Waals surface area contributed by atoms with Gasteiger partial charge in [-0.15, -0.1) is 0 Å². The van der Waals surface area contributed by atoms with Crippen molar-refractivity contribution in [3.8, 4) is 0 Å². The summed E-state index contributed by atoms with van der Waals surface area (Å²) in [5.41, 5.74) is 4.08. The number of hydrogen-bond donors (Lipinski definition) is 1. The Balaban J connectivity index is 1.60. The lowest BCUT2D eigenvalue weighted by molar-refractivity contribution is -0.134. The fourth-order valence-electron chi connectivity index (χ4n) is 3.72. The quantitative estimate of drug-likeness (QED) is 0.679. The minimum atomic E-state index is -0.173. The smallest absolute Gasteiger partial charge is 0.243 e. The van der Waals surface area contributed by atoms with Crippen molar-refractivity contribution >= 4 is 17.5 Å². The van der Waals surface area contributed by atoms with Gasteiger partial charge in [0.2, 0.25) is 11.8 Å². The number of amides is 2. The summed E-state index contributed by atoms with van der Waals surface area (Å²) in [5, 5.41) is 2.96. The van der Waals surface area contributed by atoms with Gasteiger partial charge in [-0.25, -0.2) is 0 Å². The molecule has 5 heteroatoms. The van der Waals surface area contributed by atoms with Crippen molar-refractivity contribution in [2.75, 3.05) is 32.0 Å². The Morgan fingerprint density at radius 2 is 1.63 bits per heavy atom. The molecule has 0 heterocycles. The Labute approximate surface area is 180 Å². The third-order valence-electron chi connectivity index (χ3n) is 5.91. The van der Waals surface area contributed by atoms with Crippen molar-refractivity contribution in [2.45, 2.75) is 39.7 Å². The monoisotopic (exact) mass is 407 g/mol. The summed E-state index contributed by atoms with van der Waals surface area (Å²) in [6, 6.07) is 16.4. The molecule has 1 unspecified atom stereocenters. The van der Waals surface area contributed by atoms with E-state index in [1.807, 2.05) is 50.2 Å². The first-order chi connectivity index (χ1) is 14.3. The van der Waals surface area contributed by atoms with Crippen LogP contribution in [0.2, 0.25) is 0 Å². The summed E-state index contributed by atoms with van der Waals surface area (Å²) in [5.74, 6) is 0.477. The van der Waals surface area contributed by atoms with E-state index in [4.69, 9.17) is 0 Å². The van der Waals surface area contributed by atoms with E-state index in [1.165, 1.54) is 23.3 Å². The molecule has 2 amide bonds. The zero-order valence-electron chi connectivity index (χ0n) is 18.5. The molecule has 2 aromatic rings. The van der Waals surface area contributed by atoms with Gasteiger partial charge in [-0.3, -0.25) is 14.5 Å². The van der Waals surface area contributed by atoms with E-state index in [-0.39, 0.29) is 24.4 Å². The number of carbonyl (C=O) groups excluding carboxylic acids is 2. The summed E-state index contributed by atoms with van der Waals surface area (Å²) in [6.07, 6.45) is 2.47. The van der Waals surface area contributed by atoms with Gasteiger partial charge in [0, 0.05) is 25.3 Å². The van der Waals surface area contributed by atoms with Crippen LogP contribution in [0, 0.1) is 19.8 Å². The van der Waals surface area contributed by atoms with Crippen LogP contribution in [0.1, 0.15) is 42.5 Å². The van der Waals surface area contributed by atoms with Crippen LogP contribution in [0.5, 0.6) is 0 Å². The first kappa shape index (κ1) is 22.0. The third kappa shape index (κ3) is 5.92. The van der Waals surface area contributed by atoms with Crippen molar-refractivity contribution in [3.05, 3.63) is 65.2 Å². The molecule has 0 aliphatic heterocycles. The van der Waals surface area contributed by atoms with Gasteiger partial charge >= 0.3 is 0 Å². The molecule has 0 radical (unpaired) electrons. The molecule has 0 bridgehead atoms. The van der Waals surface area contributed by atoms with Gasteiger partial charge in [0.1, 0.15) is 0 Å². The van der Waals surface area contributed by atoms with E-state index in [1.54, 1.807) is 7.05 Å². The molecule has 1 fully saturated rings. The summed E-state index contributed by atoms with van der Waals surface area (Å²) in [7, 11) is 1.70. The van der Waals surface area contributed by atoms with Crippen LogP contribution in [-0.2, 0) is 9.59 Å². The molecular weight excluding hydrogens is 374 g/mol. The number of likely N-dealkylation sites (N-methyl/N-ethyl adjacent to an activating group) is 1. The number of hydrogen-bond acceptors (Lipinski definition) is 3. The first-order valence-electron chi connectivity index (χ1n) is 10.7. The van der Waals surface area contributed by atoms with E-state index in [9.17, 15) is 9.59 Å². The minimum Gasteiger partial charge on any atom is -0.335 e. The molecule has 160 valence electrons. The van der Waals surface area contributed by atoms with Crippen LogP contribution in [0.15, 0.2) is 48.5 Å². The number of nitrogens with zero attached hydrogens (tertiary/aromatic N) is 2. The Bertz CT molecular complexity index is 857. The zero-order valence-corrected chi connectivity index (χ0v) is 18.5. The number of rotatable bonds is 9. The van der Waals surface area contributed by atoms with Crippen molar-refractivity contribution in [2.24, 2.45) is 5.92 Å². The Morgan fingerprint density at radius 3 is 2.23 bits per heavy atom. The predicted octanol–water partition coefficient (Wildman–Crippen LogP) is 4.17. The molecule has 1 N–H and O–H groups in total. The number of para-hydroxylation sites is 1. The number of aryl methyl sites for hydroxylation is 2. The van der Waals surface area contributed by atoms with Crippen LogP contribution in [0.4, 0.5) is 5.69 Å². The zero-order chi connectivity index (χ0) is 21.7. The fourth-order valence-corrected chi connectivity index (χ4v) is 3.72. The number of benzene rings is 2. The maximum atomic E-state index is 12.9. The van der Waals surface area contributed by atoms with Gasteiger partial charge in [-0.1, -0.05) is 48.5 Å². The van der Waals surface area contributed by atoms with E-state index in [0.29, 0.717) is 12.5 Å². The van der Waals surface area contributed by atoms with Crippen molar-refractivity contribution in [3.63, 3.8) is 0 Å². The molecule has 30 heavy (non-hydrogen) atoms. The van der Waals surface area contributed by atoms with Gasteiger partial charge < -0.3 is 10.2 Å². The molecule has 0 spiro atoms. The van der Waals surface area contributed by atoms with Gasteiger partial charge in [0.05, 0.1) is 13.1 Å². The highest BCUT2D eigenvalue weighted by atomic mass is 16.2. The highest BCUT2D eigenvalue weighted by Gasteiger charge is 2.29. The highest BCUT2D eigenvalue weighted by molar-refractivity contribution is 5.95. The molecule has 3 rings (SSSR count). The van der Waals surface area contributed by atoms with Gasteiger partial charge in [0.25, 0.3) is 0 Å². The maximum absolute atomic E-state index is 12.9. The maximum Gasteiger partial charge on any atom is 0.243 e. The second-order valence-electron chi connectivity index (χ2n) is 8.52. The molecule has 1 saturated carbocycles. The van der Waals surface area contributed by atoms with E-state index in [2.05, 4.69) is 29.3 Å². The molecule has 5 nitrogen and oxygen atoms in total. The molecule has 1 aliphatic carbocycles. The molecule has 1 aliphatic rings. The Morgan fingerprint density at radius 1 is 1.00 bits per heavy atom. The molecular formula is C25H33N3O2. The van der Waals surface area contributed by atoms with Gasteiger partial charge in [-0.05, 0) is 56.2 Å². The van der Waals surface area contributed by atoms with Crippen LogP contribution >= 0.6 is 0 Å². The number of carbonyl (C=O) groups is 2. The van der Waals surface area contributed by atoms with E-state index >= 15 is 0 Å². The van der Waals surface area contributed by atoms with Crippen LogP contribution in [-0.4, -0.2) is 48.3 Å². The first-order valence-corrected chi connectivity index (χ1v) is 10.7. The second kappa shape index (κ2) is 9.90. The normalized spacial score (nSPS) is 14.4. The van der Waals surface area contributed by atoms with Gasteiger partial charge in [-0.2, -0.15) is 0 Å². The average molecular weight is 408 g/mol. The van der Waals surface area contributed by atoms with Crippen molar-refractivity contribution in [1.29, 1.82) is 0 Å². The molecule has 0 aromatic heterocycles. The average Bonchev–Trinajstić information content (AvgIpc) is 3.54. The topological polar surface area (TPSA) is 52.7 Å². The minimum absolute atomic E-state index is 0.0323. The lowest BCUT2D eigenvalue weighted by atomic mass is 10.1. The van der Waals surface area contributed by atoms with Crippen LogP contribution in [0.3, 0.4) is 0 Å². The lowest BCUT2D eigenvalue weighted by Crippen LogP contribution is -2.43. The number of nitrogens with one attached hydrogen (secondary N) is 1. The second-order valence-corrected chi connectivity index (χ2v) is 8.52. The summed E-state index contributed by atoms with van der Waals surface area (Å²) in [4.78, 5) is 29.2. The van der Waals surface area contributed by atoms with E-state index < -0.39 is 0 Å². The summed E-state index contributed by atoms with van der Waals surface area (Å²) >= 11 is 0. The standard InChI is InChI=1S/C25H33N3O2/c1-18-9-8-10-19(2)25(18)26-23(29)16-27(4)24(30)17-28(15-21-13-14-21)20(3)22-11-6-5-7-12-22/h5-12,20-21H,13-17H2,1-4H3,(H,26,29). The third-order valence-corrected chi connectivity index (χ3v) is 5.91. The molecule has 1 atom stereocenters. The van der Waals surface area contributed by atoms with Crippen molar-refractivity contribution < 1.29 is 9.59 Å². The Kier molecular flexibility index (Phi) is 7.27. The SMILES string of the molecule is Cc1cccc(C)c1NC(=O)CN(C)C(=O)CN(CC1CC1)C(C)c1ccccc1. The Hall–Kier alpha value is -2.66. The summed E-state index contributed by atoms with van der Waals surface area (Å²) in [6.45, 7) is 7.38. The van der Waals surface area contributed by atoms with Gasteiger partial charge in [0.15, 0.2) is 0 Å². The fraction of sp³-hybridized carbons (Fsp3) is 0.440. The molecule has 2 aromatic carbocycles. The van der Waals surface area contributed by atoms with E-state index in [0.717, 1.165) is 23.4 Å². The molecule has 0 saturated heterocycles. The number of anilines is 1. The summed E-state index contributed by atoms with van der Waals surface area (Å²) < 4.78 is 0. The van der Waals surface area contributed by atoms with Crippen LogP contribution in [0.25, 0.3) is 0 Å². The van der Waals surface area contributed by atoms with Crippen molar-refractivity contribution in [1.82, 2.24) is 9.80 Å². The van der Waals surface area contributed by atoms with Crippen LogP contribution < -0.4 is 5.32 Å². The predicted molar refractivity (Wildman–Crippen MR) is 121 cm³/mol.